The Labute approximate surface area is 159 Å². The van der Waals surface area contributed by atoms with Crippen LogP contribution >= 0.6 is 0 Å². The first-order chi connectivity index (χ1) is 13.0. The minimum atomic E-state index is -3.54. The van der Waals surface area contributed by atoms with Crippen LogP contribution in [-0.2, 0) is 10.0 Å². The third kappa shape index (κ3) is 4.64. The number of rotatable bonds is 6. The SMILES string of the molecule is CCOc1ccc(S(=O)(=O)N2CCC(NC(=O)c3cccnc3)CC2)cc1. The van der Waals surface area contributed by atoms with Crippen molar-refractivity contribution in [3.63, 3.8) is 0 Å². The second-order valence-electron chi connectivity index (χ2n) is 6.30. The molecule has 1 aliphatic heterocycles. The van der Waals surface area contributed by atoms with Crippen LogP contribution in [0.25, 0.3) is 0 Å². The van der Waals surface area contributed by atoms with Crippen LogP contribution in [0, 0.1) is 0 Å². The molecule has 2 heterocycles. The Balaban J connectivity index is 1.58. The Bertz CT molecular complexity index is 862. The van der Waals surface area contributed by atoms with Gasteiger partial charge in [-0.2, -0.15) is 4.31 Å². The topological polar surface area (TPSA) is 88.6 Å². The lowest BCUT2D eigenvalue weighted by atomic mass is 10.1. The van der Waals surface area contributed by atoms with E-state index in [4.69, 9.17) is 4.74 Å². The number of nitrogens with zero attached hydrogens (tertiary/aromatic N) is 2. The lowest BCUT2D eigenvalue weighted by molar-refractivity contribution is 0.0923. The van der Waals surface area contributed by atoms with E-state index in [1.54, 1.807) is 42.6 Å². The molecule has 0 bridgehead atoms. The third-order valence-electron chi connectivity index (χ3n) is 4.49. The molecule has 1 aromatic heterocycles. The van der Waals surface area contributed by atoms with E-state index < -0.39 is 10.0 Å². The second-order valence-corrected chi connectivity index (χ2v) is 8.24. The fourth-order valence-corrected chi connectivity index (χ4v) is 4.50. The number of piperidine rings is 1. The molecule has 144 valence electrons. The summed E-state index contributed by atoms with van der Waals surface area (Å²) in [4.78, 5) is 16.4. The number of aromatic nitrogens is 1. The summed E-state index contributed by atoms with van der Waals surface area (Å²) in [6.45, 7) is 3.15. The highest BCUT2D eigenvalue weighted by Crippen LogP contribution is 2.23. The first-order valence-corrected chi connectivity index (χ1v) is 10.4. The first-order valence-electron chi connectivity index (χ1n) is 8.94. The van der Waals surface area contributed by atoms with Crippen LogP contribution < -0.4 is 10.1 Å². The zero-order chi connectivity index (χ0) is 19.3. The lowest BCUT2D eigenvalue weighted by Gasteiger charge is -2.31. The van der Waals surface area contributed by atoms with E-state index in [2.05, 4.69) is 10.3 Å². The molecule has 1 aliphatic rings. The first kappa shape index (κ1) is 19.3. The van der Waals surface area contributed by atoms with E-state index in [1.165, 1.54) is 10.5 Å². The highest BCUT2D eigenvalue weighted by molar-refractivity contribution is 7.89. The van der Waals surface area contributed by atoms with Crippen LogP contribution in [0.5, 0.6) is 5.75 Å². The monoisotopic (exact) mass is 389 g/mol. The molecule has 7 nitrogen and oxygen atoms in total. The largest absolute Gasteiger partial charge is 0.494 e. The summed E-state index contributed by atoms with van der Waals surface area (Å²) < 4.78 is 32.4. The molecule has 27 heavy (non-hydrogen) atoms. The van der Waals surface area contributed by atoms with Crippen LogP contribution in [0.1, 0.15) is 30.1 Å². The summed E-state index contributed by atoms with van der Waals surface area (Å²) in [5, 5.41) is 2.95. The van der Waals surface area contributed by atoms with E-state index in [0.29, 0.717) is 43.9 Å². The van der Waals surface area contributed by atoms with Crippen molar-refractivity contribution in [1.29, 1.82) is 0 Å². The van der Waals surface area contributed by atoms with Gasteiger partial charge in [0.25, 0.3) is 5.91 Å². The normalized spacial score (nSPS) is 16.0. The van der Waals surface area contributed by atoms with Crippen LogP contribution in [0.15, 0.2) is 53.7 Å². The molecule has 2 aromatic rings. The Morgan fingerprint density at radius 1 is 1.22 bits per heavy atom. The molecule has 0 unspecified atom stereocenters. The highest BCUT2D eigenvalue weighted by atomic mass is 32.2. The second kappa shape index (κ2) is 8.49. The number of ether oxygens (including phenoxy) is 1. The van der Waals surface area contributed by atoms with Gasteiger partial charge in [-0.05, 0) is 56.2 Å². The molecule has 0 aliphatic carbocycles. The Hall–Kier alpha value is -2.45. The molecule has 1 N–H and O–H groups in total. The molecule has 1 aromatic carbocycles. The fraction of sp³-hybridized carbons (Fsp3) is 0.368. The van der Waals surface area contributed by atoms with Crippen molar-refractivity contribution in [1.82, 2.24) is 14.6 Å². The van der Waals surface area contributed by atoms with Crippen molar-refractivity contribution in [2.75, 3.05) is 19.7 Å². The Kier molecular flexibility index (Phi) is 6.08. The fourth-order valence-electron chi connectivity index (χ4n) is 3.03. The molecule has 1 fully saturated rings. The van der Waals surface area contributed by atoms with Gasteiger partial charge >= 0.3 is 0 Å². The quantitative estimate of drug-likeness (QED) is 0.817. The molecule has 0 radical (unpaired) electrons. The minimum Gasteiger partial charge on any atom is -0.494 e. The number of hydrogen-bond donors (Lipinski definition) is 1. The van der Waals surface area contributed by atoms with Crippen molar-refractivity contribution in [3.05, 3.63) is 54.4 Å². The van der Waals surface area contributed by atoms with Gasteiger partial charge in [-0.25, -0.2) is 8.42 Å². The molecular weight excluding hydrogens is 366 g/mol. The molecule has 0 atom stereocenters. The Morgan fingerprint density at radius 2 is 1.93 bits per heavy atom. The van der Waals surface area contributed by atoms with Crippen molar-refractivity contribution in [2.45, 2.75) is 30.7 Å². The van der Waals surface area contributed by atoms with Gasteiger partial charge in [-0.3, -0.25) is 9.78 Å². The van der Waals surface area contributed by atoms with E-state index in [9.17, 15) is 13.2 Å². The zero-order valence-electron chi connectivity index (χ0n) is 15.2. The maximum Gasteiger partial charge on any atom is 0.253 e. The lowest BCUT2D eigenvalue weighted by Crippen LogP contribution is -2.46. The van der Waals surface area contributed by atoms with Crippen molar-refractivity contribution < 1.29 is 17.9 Å². The number of amides is 1. The number of hydrogen-bond acceptors (Lipinski definition) is 5. The molecular formula is C19H23N3O4S. The molecule has 1 saturated heterocycles. The van der Waals surface area contributed by atoms with Gasteiger partial charge in [0, 0.05) is 31.5 Å². The summed E-state index contributed by atoms with van der Waals surface area (Å²) >= 11 is 0. The average molecular weight is 389 g/mol. The van der Waals surface area contributed by atoms with Gasteiger partial charge in [0.05, 0.1) is 17.1 Å². The van der Waals surface area contributed by atoms with Crippen LogP contribution in [0.3, 0.4) is 0 Å². The number of pyridine rings is 1. The van der Waals surface area contributed by atoms with Crippen molar-refractivity contribution in [2.24, 2.45) is 0 Å². The Morgan fingerprint density at radius 3 is 2.52 bits per heavy atom. The zero-order valence-corrected chi connectivity index (χ0v) is 16.0. The number of carbonyl (C=O) groups is 1. The van der Waals surface area contributed by atoms with E-state index >= 15 is 0 Å². The maximum atomic E-state index is 12.8. The third-order valence-corrected chi connectivity index (χ3v) is 6.40. The summed E-state index contributed by atoms with van der Waals surface area (Å²) in [7, 11) is -3.54. The van der Waals surface area contributed by atoms with Gasteiger partial charge in [0.2, 0.25) is 10.0 Å². The number of benzene rings is 1. The molecule has 1 amide bonds. The van der Waals surface area contributed by atoms with Gasteiger partial charge in [0.1, 0.15) is 5.75 Å². The van der Waals surface area contributed by atoms with Gasteiger partial charge < -0.3 is 10.1 Å². The summed E-state index contributed by atoms with van der Waals surface area (Å²) in [6, 6.07) is 9.82. The summed E-state index contributed by atoms with van der Waals surface area (Å²) in [6.07, 6.45) is 4.27. The maximum absolute atomic E-state index is 12.8. The van der Waals surface area contributed by atoms with Crippen LogP contribution in [0.2, 0.25) is 0 Å². The van der Waals surface area contributed by atoms with E-state index in [0.717, 1.165) is 0 Å². The smallest absolute Gasteiger partial charge is 0.253 e. The van der Waals surface area contributed by atoms with E-state index in [1.807, 2.05) is 6.92 Å². The summed E-state index contributed by atoms with van der Waals surface area (Å²) in [5.74, 6) is 0.462. The van der Waals surface area contributed by atoms with Gasteiger partial charge in [-0.15, -0.1) is 0 Å². The van der Waals surface area contributed by atoms with Gasteiger partial charge in [0.15, 0.2) is 0 Å². The van der Waals surface area contributed by atoms with E-state index in [-0.39, 0.29) is 16.8 Å². The number of carbonyl (C=O) groups excluding carboxylic acids is 1. The highest BCUT2D eigenvalue weighted by Gasteiger charge is 2.30. The van der Waals surface area contributed by atoms with Gasteiger partial charge in [-0.1, -0.05) is 0 Å². The van der Waals surface area contributed by atoms with Crippen LogP contribution in [0.4, 0.5) is 0 Å². The van der Waals surface area contributed by atoms with Crippen molar-refractivity contribution >= 4 is 15.9 Å². The molecule has 8 heteroatoms. The van der Waals surface area contributed by atoms with Crippen molar-refractivity contribution in [3.8, 4) is 5.75 Å². The molecule has 3 rings (SSSR count). The predicted octanol–water partition coefficient (Wildman–Crippen LogP) is 2.06. The average Bonchev–Trinajstić information content (AvgIpc) is 2.70. The number of nitrogens with one attached hydrogen (secondary N) is 1. The minimum absolute atomic E-state index is 0.0514. The summed E-state index contributed by atoms with van der Waals surface area (Å²) in [5.41, 5.74) is 0.502. The predicted molar refractivity (Wildman–Crippen MR) is 101 cm³/mol. The standard InChI is InChI=1S/C19H23N3O4S/c1-2-26-17-5-7-18(8-6-17)27(24,25)22-12-9-16(10-13-22)21-19(23)15-4-3-11-20-14-15/h3-8,11,14,16H,2,9-10,12-13H2,1H3,(H,21,23). The molecule has 0 saturated carbocycles. The molecule has 0 spiro atoms. The van der Waals surface area contributed by atoms with Crippen LogP contribution in [-0.4, -0.2) is 49.4 Å². The number of sulfonamides is 1.